The predicted octanol–water partition coefficient (Wildman–Crippen LogP) is 7.03. The number of unbranched alkanes of at least 4 members (excludes halogenated alkanes) is 1. The third-order valence-electron chi connectivity index (χ3n) is 7.26. The molecule has 1 fully saturated rings. The molecule has 1 aromatic carbocycles. The lowest BCUT2D eigenvalue weighted by molar-refractivity contribution is -0.143. The summed E-state index contributed by atoms with van der Waals surface area (Å²) in [6.07, 6.45) is 11.1. The van der Waals surface area contributed by atoms with E-state index in [0.29, 0.717) is 25.4 Å². The molecule has 0 atom stereocenters. The van der Waals surface area contributed by atoms with E-state index in [9.17, 15) is 9.59 Å². The molecule has 36 heavy (non-hydrogen) atoms. The van der Waals surface area contributed by atoms with Crippen molar-refractivity contribution in [3.8, 4) is 0 Å². The maximum absolute atomic E-state index is 13.8. The number of hydrogen-bond donors (Lipinski definition) is 0. The molecule has 1 heterocycles. The Labute approximate surface area is 226 Å². The van der Waals surface area contributed by atoms with Crippen LogP contribution < -0.4 is 0 Å². The van der Waals surface area contributed by atoms with Gasteiger partial charge in [-0.05, 0) is 61.4 Å². The van der Waals surface area contributed by atoms with Crippen molar-refractivity contribution in [2.24, 2.45) is 5.92 Å². The number of carbonyl (C=O) groups excluding carboxylic acids is 2. The molecule has 6 heteroatoms. The normalized spacial score (nSPS) is 14.2. The molecule has 0 radical (unpaired) electrons. The van der Waals surface area contributed by atoms with Crippen molar-refractivity contribution in [1.29, 1.82) is 0 Å². The second kappa shape index (κ2) is 14.6. The van der Waals surface area contributed by atoms with E-state index in [0.717, 1.165) is 48.8 Å². The van der Waals surface area contributed by atoms with Gasteiger partial charge in [0.2, 0.25) is 11.8 Å². The van der Waals surface area contributed by atoms with Gasteiger partial charge in [0.05, 0.1) is 13.1 Å². The molecule has 1 aliphatic rings. The van der Waals surface area contributed by atoms with Gasteiger partial charge in [0.25, 0.3) is 0 Å². The van der Waals surface area contributed by atoms with Gasteiger partial charge in [0.1, 0.15) is 0 Å². The summed E-state index contributed by atoms with van der Waals surface area (Å²) in [4.78, 5) is 30.7. The lowest BCUT2D eigenvalue weighted by Crippen LogP contribution is -2.48. The summed E-state index contributed by atoms with van der Waals surface area (Å²) in [7, 11) is 0. The van der Waals surface area contributed by atoms with Gasteiger partial charge in [0.15, 0.2) is 0 Å². The summed E-state index contributed by atoms with van der Waals surface area (Å²) in [5.74, 6) is 0.706. The van der Waals surface area contributed by atoms with Crippen LogP contribution in [0.2, 0.25) is 0 Å². The van der Waals surface area contributed by atoms with Crippen LogP contribution in [-0.4, -0.2) is 45.3 Å². The van der Waals surface area contributed by atoms with Crippen molar-refractivity contribution in [3.05, 3.63) is 58.3 Å². The van der Waals surface area contributed by atoms with Crippen LogP contribution in [0.1, 0.15) is 89.8 Å². The zero-order valence-corrected chi connectivity index (χ0v) is 24.0. The van der Waals surface area contributed by atoms with Crippen molar-refractivity contribution < 1.29 is 9.59 Å². The molecule has 2 amide bonds. The summed E-state index contributed by atoms with van der Waals surface area (Å²) in [5.41, 5.74) is 2.37. The lowest BCUT2D eigenvalue weighted by atomic mass is 9.94. The van der Waals surface area contributed by atoms with E-state index in [2.05, 4.69) is 88.8 Å². The standard InChI is InChI=1S/C30H44BrN3O2/c1-4-5-13-29(35)33(20-18-24(2)3)23-30(36)34(27-10-7-6-8-11-27)22-28-12-9-19-32(28)21-25-14-16-26(31)17-15-25/h9,12,14-17,19,24,27H,4-8,10-11,13,18,20-23H2,1-3H3. The smallest absolute Gasteiger partial charge is 0.242 e. The molecule has 1 aromatic heterocycles. The highest BCUT2D eigenvalue weighted by Crippen LogP contribution is 2.25. The molecule has 0 aliphatic heterocycles. The Morgan fingerprint density at radius 3 is 2.44 bits per heavy atom. The Balaban J connectivity index is 1.77. The SMILES string of the molecule is CCCCC(=O)N(CCC(C)C)CC(=O)N(Cc1cccn1Cc1ccc(Br)cc1)C1CCCCC1. The van der Waals surface area contributed by atoms with Gasteiger partial charge >= 0.3 is 0 Å². The quantitative estimate of drug-likeness (QED) is 0.265. The summed E-state index contributed by atoms with van der Waals surface area (Å²) >= 11 is 3.51. The van der Waals surface area contributed by atoms with Crippen molar-refractivity contribution >= 4 is 27.7 Å². The van der Waals surface area contributed by atoms with Crippen LogP contribution in [0.5, 0.6) is 0 Å². The number of hydrogen-bond acceptors (Lipinski definition) is 2. The molecule has 5 nitrogen and oxygen atoms in total. The summed E-state index contributed by atoms with van der Waals surface area (Å²) in [5, 5.41) is 0. The average molecular weight is 559 g/mol. The number of aromatic nitrogens is 1. The first-order valence-corrected chi connectivity index (χ1v) is 14.6. The Hall–Kier alpha value is -2.08. The van der Waals surface area contributed by atoms with E-state index < -0.39 is 0 Å². The minimum Gasteiger partial charge on any atom is -0.345 e. The average Bonchev–Trinajstić information content (AvgIpc) is 3.31. The summed E-state index contributed by atoms with van der Waals surface area (Å²) in [6.45, 7) is 8.66. The molecule has 0 saturated heterocycles. The van der Waals surface area contributed by atoms with Crippen molar-refractivity contribution in [2.45, 2.75) is 97.7 Å². The summed E-state index contributed by atoms with van der Waals surface area (Å²) < 4.78 is 3.32. The van der Waals surface area contributed by atoms with Gasteiger partial charge in [-0.25, -0.2) is 0 Å². The third-order valence-corrected chi connectivity index (χ3v) is 7.79. The van der Waals surface area contributed by atoms with E-state index in [1.54, 1.807) is 0 Å². The van der Waals surface area contributed by atoms with Gasteiger partial charge in [0, 0.05) is 41.9 Å². The van der Waals surface area contributed by atoms with Gasteiger partial charge in [-0.2, -0.15) is 0 Å². The van der Waals surface area contributed by atoms with Crippen molar-refractivity contribution in [2.75, 3.05) is 13.1 Å². The van der Waals surface area contributed by atoms with Crippen LogP contribution in [-0.2, 0) is 22.7 Å². The number of carbonyl (C=O) groups is 2. The van der Waals surface area contributed by atoms with E-state index in [1.165, 1.54) is 24.8 Å². The first kappa shape index (κ1) is 28.5. The second-order valence-electron chi connectivity index (χ2n) is 10.7. The molecule has 3 rings (SSSR count). The summed E-state index contributed by atoms with van der Waals surface area (Å²) in [6, 6.07) is 12.8. The van der Waals surface area contributed by atoms with Gasteiger partial charge in [-0.15, -0.1) is 0 Å². The highest BCUT2D eigenvalue weighted by Gasteiger charge is 2.28. The van der Waals surface area contributed by atoms with Gasteiger partial charge in [-0.1, -0.05) is 74.5 Å². The predicted molar refractivity (Wildman–Crippen MR) is 151 cm³/mol. The Morgan fingerprint density at radius 2 is 1.78 bits per heavy atom. The Kier molecular flexibility index (Phi) is 11.6. The van der Waals surface area contributed by atoms with Crippen LogP contribution in [0.25, 0.3) is 0 Å². The molecular formula is C30H44BrN3O2. The molecular weight excluding hydrogens is 514 g/mol. The number of amides is 2. The maximum Gasteiger partial charge on any atom is 0.242 e. The highest BCUT2D eigenvalue weighted by molar-refractivity contribution is 9.10. The van der Waals surface area contributed by atoms with E-state index in [1.807, 2.05) is 4.90 Å². The molecule has 198 valence electrons. The molecule has 2 aromatic rings. The topological polar surface area (TPSA) is 45.6 Å². The molecule has 1 saturated carbocycles. The molecule has 0 N–H and O–H groups in total. The molecule has 1 aliphatic carbocycles. The monoisotopic (exact) mass is 557 g/mol. The van der Waals surface area contributed by atoms with E-state index in [4.69, 9.17) is 0 Å². The number of benzene rings is 1. The fourth-order valence-electron chi connectivity index (χ4n) is 4.97. The maximum atomic E-state index is 13.8. The van der Waals surface area contributed by atoms with Crippen LogP contribution in [0.4, 0.5) is 0 Å². The van der Waals surface area contributed by atoms with Gasteiger partial charge in [-0.3, -0.25) is 9.59 Å². The Morgan fingerprint density at radius 1 is 1.06 bits per heavy atom. The number of nitrogens with zero attached hydrogens (tertiary/aromatic N) is 3. The minimum atomic E-state index is 0.0897. The van der Waals surface area contributed by atoms with Crippen LogP contribution in [0.15, 0.2) is 47.1 Å². The van der Waals surface area contributed by atoms with E-state index >= 15 is 0 Å². The van der Waals surface area contributed by atoms with Crippen molar-refractivity contribution in [3.63, 3.8) is 0 Å². The number of halogens is 1. The fraction of sp³-hybridized carbons (Fsp3) is 0.600. The van der Waals surface area contributed by atoms with Gasteiger partial charge < -0.3 is 14.4 Å². The van der Waals surface area contributed by atoms with Crippen LogP contribution in [0, 0.1) is 5.92 Å². The second-order valence-corrected chi connectivity index (χ2v) is 11.6. The van der Waals surface area contributed by atoms with Crippen LogP contribution >= 0.6 is 15.9 Å². The minimum absolute atomic E-state index is 0.0897. The highest BCUT2D eigenvalue weighted by atomic mass is 79.9. The number of rotatable bonds is 13. The lowest BCUT2D eigenvalue weighted by Gasteiger charge is -2.36. The molecule has 0 spiro atoms. The van der Waals surface area contributed by atoms with Crippen LogP contribution in [0.3, 0.4) is 0 Å². The Bertz CT molecular complexity index is 947. The zero-order chi connectivity index (χ0) is 25.9. The first-order chi connectivity index (χ1) is 17.4. The molecule has 0 unspecified atom stereocenters. The van der Waals surface area contributed by atoms with Crippen molar-refractivity contribution in [1.82, 2.24) is 14.4 Å². The third kappa shape index (κ3) is 8.79. The fourth-order valence-corrected chi connectivity index (χ4v) is 5.23. The first-order valence-electron chi connectivity index (χ1n) is 13.8. The molecule has 0 bridgehead atoms. The largest absolute Gasteiger partial charge is 0.345 e. The van der Waals surface area contributed by atoms with E-state index in [-0.39, 0.29) is 24.4 Å². The zero-order valence-electron chi connectivity index (χ0n) is 22.4.